The first-order chi connectivity index (χ1) is 26.0. The molecule has 0 aliphatic rings. The molecule has 2 N–H and O–H groups in total. The van der Waals surface area contributed by atoms with Crippen molar-refractivity contribution in [2.75, 3.05) is 13.2 Å². The van der Waals surface area contributed by atoms with Crippen LogP contribution >= 0.6 is 23.2 Å². The molecule has 0 aliphatic carbocycles. The molecule has 54 heavy (non-hydrogen) atoms. The maximum atomic E-state index is 11.0. The minimum atomic E-state index is -0.142. The first-order valence-corrected chi connectivity index (χ1v) is 18.2. The largest absolute Gasteiger partial charge is 0.492 e. The van der Waals surface area contributed by atoms with Crippen LogP contribution in [0, 0.1) is 27.7 Å². The van der Waals surface area contributed by atoms with E-state index >= 15 is 0 Å². The number of ether oxygens (including phenoxy) is 2. The fourth-order valence-corrected chi connectivity index (χ4v) is 5.97. The van der Waals surface area contributed by atoms with Crippen molar-refractivity contribution in [3.63, 3.8) is 0 Å². The molecular weight excluding hydrogens is 727 g/mol. The second-order valence-electron chi connectivity index (χ2n) is 12.7. The van der Waals surface area contributed by atoms with Gasteiger partial charge >= 0.3 is 0 Å². The Kier molecular flexibility index (Phi) is 11.6. The van der Waals surface area contributed by atoms with Gasteiger partial charge in [-0.05, 0) is 136 Å². The molecule has 0 saturated heterocycles. The molecule has 0 unspecified atom stereocenters. The van der Waals surface area contributed by atoms with Gasteiger partial charge in [0.1, 0.15) is 22.9 Å². The van der Waals surface area contributed by atoms with E-state index in [-0.39, 0.29) is 23.1 Å². The minimum Gasteiger partial charge on any atom is -0.492 e. The van der Waals surface area contributed by atoms with E-state index in [4.69, 9.17) is 32.7 Å². The van der Waals surface area contributed by atoms with Gasteiger partial charge in [-0.2, -0.15) is 19.6 Å². The van der Waals surface area contributed by atoms with Crippen molar-refractivity contribution in [2.24, 2.45) is 20.5 Å². The first kappa shape index (κ1) is 38.0. The average Bonchev–Trinajstić information content (AvgIpc) is 3.61. The summed E-state index contributed by atoms with van der Waals surface area (Å²) in [6, 6.07) is 21.6. The fourth-order valence-electron chi connectivity index (χ4n) is 5.72. The number of aromatic hydroxyl groups is 2. The first-order valence-electron chi connectivity index (χ1n) is 17.5. The average molecular weight is 768 g/mol. The Morgan fingerprint density at radius 1 is 0.574 bits per heavy atom. The van der Waals surface area contributed by atoms with Gasteiger partial charge in [0, 0.05) is 10.0 Å². The molecule has 0 amide bonds. The van der Waals surface area contributed by atoms with Crippen LogP contribution in [0.25, 0.3) is 22.5 Å². The number of benzene rings is 4. The van der Waals surface area contributed by atoms with Crippen LogP contribution in [0.1, 0.15) is 49.2 Å². The van der Waals surface area contributed by atoms with Crippen molar-refractivity contribution < 1.29 is 19.7 Å². The van der Waals surface area contributed by atoms with Crippen molar-refractivity contribution in [1.29, 1.82) is 0 Å². The molecule has 0 bridgehead atoms. The van der Waals surface area contributed by atoms with Crippen LogP contribution in [0.15, 0.2) is 93.3 Å². The third kappa shape index (κ3) is 8.09. The molecule has 0 spiro atoms. The highest BCUT2D eigenvalue weighted by atomic mass is 35.5. The molecule has 2 aromatic heterocycles. The van der Waals surface area contributed by atoms with Crippen LogP contribution in [-0.2, 0) is 0 Å². The molecule has 6 rings (SSSR count). The normalized spacial score (nSPS) is 11.6. The zero-order valence-corrected chi connectivity index (χ0v) is 32.3. The second kappa shape index (κ2) is 16.5. The van der Waals surface area contributed by atoms with Gasteiger partial charge in [-0.15, -0.1) is 20.5 Å². The minimum absolute atomic E-state index is 0.142. The van der Waals surface area contributed by atoms with Gasteiger partial charge in [0.05, 0.1) is 36.0 Å². The highest BCUT2D eigenvalue weighted by molar-refractivity contribution is 6.30. The van der Waals surface area contributed by atoms with Crippen LogP contribution in [0.3, 0.4) is 0 Å². The SMILES string of the molecule is CCCOc1cc(-c2cc(OCCC)c(N=Nc3c(C)nn(-c4ccc(Cl)cc4)c3O)cc2C)c(C)cc1N=Nc1c(C)nn(-c2ccc(Cl)cc2)c1O. The van der Waals surface area contributed by atoms with Crippen molar-refractivity contribution >= 4 is 46.0 Å². The zero-order chi connectivity index (χ0) is 38.5. The second-order valence-corrected chi connectivity index (χ2v) is 13.5. The molecule has 0 aliphatic heterocycles. The van der Waals surface area contributed by atoms with E-state index in [0.717, 1.165) is 35.1 Å². The van der Waals surface area contributed by atoms with Gasteiger partial charge in [0.25, 0.3) is 0 Å². The van der Waals surface area contributed by atoms with Crippen LogP contribution in [0.5, 0.6) is 23.3 Å². The van der Waals surface area contributed by atoms with Crippen molar-refractivity contribution in [3.8, 4) is 45.8 Å². The Bertz CT molecular complexity index is 2180. The number of hydrogen-bond donors (Lipinski definition) is 2. The third-order valence-corrected chi connectivity index (χ3v) is 9.00. The summed E-state index contributed by atoms with van der Waals surface area (Å²) in [5, 5.41) is 50.0. The van der Waals surface area contributed by atoms with Crippen molar-refractivity contribution in [2.45, 2.75) is 54.4 Å². The molecular formula is C40H40Cl2N8O4. The van der Waals surface area contributed by atoms with E-state index in [2.05, 4.69) is 30.7 Å². The highest BCUT2D eigenvalue weighted by Crippen LogP contribution is 2.43. The summed E-state index contributed by atoms with van der Waals surface area (Å²) in [6.07, 6.45) is 1.57. The molecule has 6 aromatic rings. The highest BCUT2D eigenvalue weighted by Gasteiger charge is 2.20. The Hall–Kier alpha value is -5.72. The topological polar surface area (TPSA) is 144 Å². The predicted molar refractivity (Wildman–Crippen MR) is 211 cm³/mol. The molecule has 14 heteroatoms. The summed E-state index contributed by atoms with van der Waals surface area (Å²) in [5.41, 5.74) is 7.43. The Morgan fingerprint density at radius 2 is 0.944 bits per heavy atom. The number of aromatic nitrogens is 4. The summed E-state index contributed by atoms with van der Waals surface area (Å²) in [7, 11) is 0. The van der Waals surface area contributed by atoms with Gasteiger partial charge in [0.2, 0.25) is 11.8 Å². The summed E-state index contributed by atoms with van der Waals surface area (Å²) >= 11 is 12.1. The molecule has 0 atom stereocenters. The lowest BCUT2D eigenvalue weighted by atomic mass is 9.95. The van der Waals surface area contributed by atoms with Crippen molar-refractivity contribution in [1.82, 2.24) is 19.6 Å². The summed E-state index contributed by atoms with van der Waals surface area (Å²) in [4.78, 5) is 0. The Morgan fingerprint density at radius 3 is 1.30 bits per heavy atom. The third-order valence-electron chi connectivity index (χ3n) is 8.49. The maximum absolute atomic E-state index is 11.0. The lowest BCUT2D eigenvalue weighted by Gasteiger charge is -2.17. The van der Waals surface area contributed by atoms with E-state index in [1.54, 1.807) is 62.4 Å². The standard InChI is InChI=1S/C40H40Cl2N8O4/c1-7-17-53-35-21-31(23(3)19-33(35)43-45-37-25(5)47-49(39(37)51)29-13-9-27(41)10-14-29)32-22-36(54-18-8-2)34(20-24(32)4)44-46-38-26(6)48-50(40(38)52)30-15-11-28(42)12-16-30/h9-16,19-22,51-52H,7-8,17-18H2,1-6H3. The predicted octanol–water partition coefficient (Wildman–Crippen LogP) is 12.1. The van der Waals surface area contributed by atoms with Crippen LogP contribution in [0.2, 0.25) is 10.0 Å². The maximum Gasteiger partial charge on any atom is 0.243 e. The van der Waals surface area contributed by atoms with Gasteiger partial charge in [0.15, 0.2) is 11.4 Å². The molecule has 0 radical (unpaired) electrons. The van der Waals surface area contributed by atoms with Crippen LogP contribution in [-0.4, -0.2) is 43.0 Å². The van der Waals surface area contributed by atoms with E-state index in [0.29, 0.717) is 68.9 Å². The molecule has 0 fully saturated rings. The van der Waals surface area contributed by atoms with Gasteiger partial charge in [-0.1, -0.05) is 37.0 Å². The molecule has 4 aromatic carbocycles. The van der Waals surface area contributed by atoms with Crippen LogP contribution < -0.4 is 9.47 Å². The smallest absolute Gasteiger partial charge is 0.243 e. The van der Waals surface area contributed by atoms with E-state index < -0.39 is 0 Å². The molecule has 0 saturated carbocycles. The number of azo groups is 2. The zero-order valence-electron chi connectivity index (χ0n) is 30.8. The summed E-state index contributed by atoms with van der Waals surface area (Å²) < 4.78 is 15.2. The Balaban J connectivity index is 1.35. The van der Waals surface area contributed by atoms with E-state index in [1.165, 1.54) is 9.36 Å². The number of halogens is 2. The number of rotatable bonds is 13. The lowest BCUT2D eigenvalue weighted by molar-refractivity contribution is 0.318. The number of nitrogens with zero attached hydrogens (tertiary/aromatic N) is 8. The molecule has 2 heterocycles. The van der Waals surface area contributed by atoms with E-state index in [9.17, 15) is 10.2 Å². The fraction of sp³-hybridized carbons (Fsp3) is 0.250. The van der Waals surface area contributed by atoms with Crippen LogP contribution in [0.4, 0.5) is 22.7 Å². The number of hydrogen-bond acceptors (Lipinski definition) is 10. The van der Waals surface area contributed by atoms with E-state index in [1.807, 2.05) is 52.0 Å². The summed E-state index contributed by atoms with van der Waals surface area (Å²) in [5.74, 6) is 0.782. The van der Waals surface area contributed by atoms with Gasteiger partial charge in [-0.25, -0.2) is 0 Å². The van der Waals surface area contributed by atoms with Gasteiger partial charge < -0.3 is 19.7 Å². The van der Waals surface area contributed by atoms with Gasteiger partial charge in [-0.3, -0.25) is 0 Å². The quantitative estimate of drug-likeness (QED) is 0.112. The lowest BCUT2D eigenvalue weighted by Crippen LogP contribution is -1.99. The summed E-state index contributed by atoms with van der Waals surface area (Å²) in [6.45, 7) is 12.5. The number of aryl methyl sites for hydroxylation is 4. The molecule has 12 nitrogen and oxygen atoms in total. The monoisotopic (exact) mass is 766 g/mol. The Labute approximate surface area is 323 Å². The molecule has 278 valence electrons. The van der Waals surface area contributed by atoms with Crippen molar-refractivity contribution in [3.05, 3.63) is 105 Å².